The molecule has 3 aromatic rings. The Hall–Kier alpha value is -2.32. The zero-order chi connectivity index (χ0) is 13.4. The fraction of sp³-hybridized carbons (Fsp3) is 0.143. The van der Waals surface area contributed by atoms with Gasteiger partial charge in [0.05, 0.1) is 10.2 Å². The molecule has 0 saturated heterocycles. The van der Waals surface area contributed by atoms with Crippen LogP contribution in [0.4, 0.5) is 5.00 Å². The summed E-state index contributed by atoms with van der Waals surface area (Å²) < 4.78 is 0.947. The van der Waals surface area contributed by atoms with E-state index in [0.29, 0.717) is 16.5 Å². The van der Waals surface area contributed by atoms with Gasteiger partial charge >= 0.3 is 0 Å². The predicted octanol–water partition coefficient (Wildman–Crippen LogP) is 3.05. The van der Waals surface area contributed by atoms with E-state index < -0.39 is 0 Å². The molecule has 0 aliphatic heterocycles. The second kappa shape index (κ2) is 4.41. The number of anilines is 1. The predicted molar refractivity (Wildman–Crippen MR) is 78.8 cm³/mol. The molecule has 0 fully saturated rings. The number of nitriles is 1. The number of H-pyrrole nitrogens is 1. The first-order chi connectivity index (χ1) is 9.26. The van der Waals surface area contributed by atoms with Crippen molar-refractivity contribution in [2.75, 3.05) is 11.9 Å². The van der Waals surface area contributed by atoms with Gasteiger partial charge in [-0.1, -0.05) is 18.2 Å². The molecule has 1 aromatic carbocycles. The zero-order valence-corrected chi connectivity index (χ0v) is 11.1. The lowest BCUT2D eigenvalue weighted by Crippen LogP contribution is -2.05. The minimum absolute atomic E-state index is 0.152. The van der Waals surface area contributed by atoms with E-state index in [4.69, 9.17) is 0 Å². The van der Waals surface area contributed by atoms with Crippen LogP contribution in [-0.2, 0) is 0 Å². The highest BCUT2D eigenvalue weighted by Gasteiger charge is 2.15. The van der Waals surface area contributed by atoms with Gasteiger partial charge in [-0.3, -0.25) is 4.79 Å². The van der Waals surface area contributed by atoms with Crippen molar-refractivity contribution in [3.8, 4) is 6.07 Å². The summed E-state index contributed by atoms with van der Waals surface area (Å²) in [6.45, 7) is 2.72. The molecule has 2 heterocycles. The van der Waals surface area contributed by atoms with Crippen LogP contribution in [0.15, 0.2) is 29.1 Å². The Morgan fingerprint density at radius 1 is 1.37 bits per heavy atom. The first kappa shape index (κ1) is 11.8. The molecule has 4 nitrogen and oxygen atoms in total. The zero-order valence-electron chi connectivity index (χ0n) is 10.3. The summed E-state index contributed by atoms with van der Waals surface area (Å²) in [5, 5.41) is 14.8. The molecule has 0 saturated carbocycles. The number of aromatic nitrogens is 1. The van der Waals surface area contributed by atoms with Crippen molar-refractivity contribution in [3.05, 3.63) is 40.2 Å². The number of hydrogen-bond donors (Lipinski definition) is 2. The van der Waals surface area contributed by atoms with Crippen molar-refractivity contribution in [2.45, 2.75) is 6.92 Å². The minimum Gasteiger partial charge on any atom is -0.376 e. The quantitative estimate of drug-likeness (QED) is 0.751. The number of hydrogen-bond acceptors (Lipinski definition) is 4. The van der Waals surface area contributed by atoms with E-state index in [9.17, 15) is 10.1 Å². The Morgan fingerprint density at radius 3 is 2.79 bits per heavy atom. The van der Waals surface area contributed by atoms with E-state index in [1.54, 1.807) is 6.07 Å². The van der Waals surface area contributed by atoms with Crippen molar-refractivity contribution in [3.63, 3.8) is 0 Å². The molecule has 3 rings (SSSR count). The van der Waals surface area contributed by atoms with Crippen LogP contribution in [0.3, 0.4) is 0 Å². The molecule has 0 aliphatic carbocycles. The maximum absolute atomic E-state index is 12.0. The lowest BCUT2D eigenvalue weighted by atomic mass is 10.1. The highest BCUT2D eigenvalue weighted by atomic mass is 32.1. The number of pyridine rings is 1. The van der Waals surface area contributed by atoms with Crippen LogP contribution in [0.2, 0.25) is 0 Å². The average Bonchev–Trinajstić information content (AvgIpc) is 2.77. The lowest BCUT2D eigenvalue weighted by molar-refractivity contribution is 1.22. The molecule has 0 bridgehead atoms. The summed E-state index contributed by atoms with van der Waals surface area (Å²) in [5.41, 5.74) is 0.998. The van der Waals surface area contributed by atoms with Crippen LogP contribution < -0.4 is 10.9 Å². The highest BCUT2D eigenvalue weighted by molar-refractivity contribution is 7.24. The second-order valence-corrected chi connectivity index (χ2v) is 5.17. The van der Waals surface area contributed by atoms with E-state index in [1.807, 2.05) is 25.1 Å². The number of nitrogens with zero attached hydrogens (tertiary/aromatic N) is 1. The Bertz CT molecular complexity index is 870. The number of rotatable bonds is 2. The molecule has 0 amide bonds. The Morgan fingerprint density at radius 2 is 2.11 bits per heavy atom. The third kappa shape index (κ3) is 1.69. The molecule has 0 aliphatic rings. The van der Waals surface area contributed by atoms with Gasteiger partial charge in [-0.15, -0.1) is 11.3 Å². The average molecular weight is 269 g/mol. The molecule has 0 spiro atoms. The van der Waals surface area contributed by atoms with Gasteiger partial charge in [0.1, 0.15) is 16.6 Å². The van der Waals surface area contributed by atoms with Gasteiger partial charge in [-0.25, -0.2) is 0 Å². The smallest absolute Gasteiger partial charge is 0.256 e. The van der Waals surface area contributed by atoms with Gasteiger partial charge in [0, 0.05) is 17.3 Å². The molecule has 94 valence electrons. The molecule has 0 atom stereocenters. The van der Waals surface area contributed by atoms with Crippen molar-refractivity contribution in [1.82, 2.24) is 4.98 Å². The number of benzene rings is 1. The van der Waals surface area contributed by atoms with E-state index >= 15 is 0 Å². The molecule has 19 heavy (non-hydrogen) atoms. The van der Waals surface area contributed by atoms with E-state index in [-0.39, 0.29) is 5.56 Å². The second-order valence-electron chi connectivity index (χ2n) is 4.15. The molecular formula is C14H11N3OS. The lowest BCUT2D eigenvalue weighted by Gasteiger charge is -1.98. The van der Waals surface area contributed by atoms with Crippen LogP contribution in [0.5, 0.6) is 0 Å². The fourth-order valence-electron chi connectivity index (χ4n) is 2.19. The first-order valence-electron chi connectivity index (χ1n) is 5.97. The van der Waals surface area contributed by atoms with Gasteiger partial charge in [0.15, 0.2) is 0 Å². The molecule has 0 radical (unpaired) electrons. The summed E-state index contributed by atoms with van der Waals surface area (Å²) in [7, 11) is 0. The van der Waals surface area contributed by atoms with Crippen LogP contribution in [0.1, 0.15) is 12.5 Å². The summed E-state index contributed by atoms with van der Waals surface area (Å²) in [6.07, 6.45) is 0. The van der Waals surface area contributed by atoms with E-state index in [2.05, 4.69) is 16.4 Å². The van der Waals surface area contributed by atoms with Crippen molar-refractivity contribution in [1.29, 1.82) is 5.26 Å². The standard InChI is InChI=1S/C14H11N3OS/c1-2-16-14-10(7-15)11-12(19-14)8-5-3-4-6-9(8)13(18)17-11/h3-6,16H,2H2,1H3,(H,17,18). The molecule has 2 N–H and O–H groups in total. The van der Waals surface area contributed by atoms with E-state index in [0.717, 1.165) is 21.6 Å². The Labute approximate surface area is 113 Å². The number of thiophene rings is 1. The molecule has 5 heteroatoms. The van der Waals surface area contributed by atoms with Gasteiger partial charge in [-0.05, 0) is 13.0 Å². The molecular weight excluding hydrogens is 258 g/mol. The first-order valence-corrected chi connectivity index (χ1v) is 6.79. The number of fused-ring (bicyclic) bond motifs is 3. The van der Waals surface area contributed by atoms with Crippen molar-refractivity contribution in [2.24, 2.45) is 0 Å². The van der Waals surface area contributed by atoms with Crippen LogP contribution in [-0.4, -0.2) is 11.5 Å². The summed E-state index contributed by atoms with van der Waals surface area (Å²) >= 11 is 1.51. The van der Waals surface area contributed by atoms with Gasteiger partial charge in [-0.2, -0.15) is 5.26 Å². The Balaban J connectivity index is 2.51. The van der Waals surface area contributed by atoms with Crippen molar-refractivity contribution >= 4 is 37.3 Å². The number of aromatic amines is 1. The maximum atomic E-state index is 12.0. The van der Waals surface area contributed by atoms with Gasteiger partial charge in [0.2, 0.25) is 0 Å². The summed E-state index contributed by atoms with van der Waals surface area (Å²) in [4.78, 5) is 14.9. The topological polar surface area (TPSA) is 68.7 Å². The van der Waals surface area contributed by atoms with Crippen molar-refractivity contribution < 1.29 is 0 Å². The third-order valence-corrected chi connectivity index (χ3v) is 4.19. The van der Waals surface area contributed by atoms with E-state index in [1.165, 1.54) is 11.3 Å². The summed E-state index contributed by atoms with van der Waals surface area (Å²) in [5.74, 6) is 0. The largest absolute Gasteiger partial charge is 0.376 e. The SMILES string of the molecule is CCNc1sc2c([nH]c(=O)c3ccccc32)c1C#N. The highest BCUT2D eigenvalue weighted by Crippen LogP contribution is 2.36. The maximum Gasteiger partial charge on any atom is 0.256 e. The normalized spacial score (nSPS) is 10.7. The van der Waals surface area contributed by atoms with Gasteiger partial charge in [0.25, 0.3) is 5.56 Å². The third-order valence-electron chi connectivity index (χ3n) is 3.01. The molecule has 2 aromatic heterocycles. The number of nitrogens with one attached hydrogen (secondary N) is 2. The monoisotopic (exact) mass is 269 g/mol. The van der Waals surface area contributed by atoms with Crippen LogP contribution in [0.25, 0.3) is 21.0 Å². The van der Waals surface area contributed by atoms with Crippen LogP contribution in [0, 0.1) is 11.3 Å². The fourth-order valence-corrected chi connectivity index (χ4v) is 3.41. The Kier molecular flexibility index (Phi) is 2.73. The van der Waals surface area contributed by atoms with Gasteiger partial charge < -0.3 is 10.3 Å². The van der Waals surface area contributed by atoms with Crippen LogP contribution >= 0.6 is 11.3 Å². The minimum atomic E-state index is -0.152. The molecule has 0 unspecified atom stereocenters. The summed E-state index contributed by atoms with van der Waals surface area (Å²) in [6, 6.07) is 9.63.